The molecule has 0 spiro atoms. The lowest BCUT2D eigenvalue weighted by Crippen LogP contribution is -2.08. The molecule has 0 N–H and O–H groups in total. The molecule has 0 bridgehead atoms. The van der Waals surface area contributed by atoms with Gasteiger partial charge in [-0.1, -0.05) is 74.5 Å². The summed E-state index contributed by atoms with van der Waals surface area (Å²) in [4.78, 5) is 12.7. The fourth-order valence-electron chi connectivity index (χ4n) is 3.78. The van der Waals surface area contributed by atoms with Gasteiger partial charge in [0.1, 0.15) is 11.6 Å². The molecule has 2 atom stereocenters. The van der Waals surface area contributed by atoms with Gasteiger partial charge >= 0.3 is 0 Å². The number of hydrogen-bond donors (Lipinski definition) is 0. The molecule has 1 saturated carbocycles. The van der Waals surface area contributed by atoms with Crippen molar-refractivity contribution in [1.29, 1.82) is 0 Å². The average Bonchev–Trinajstić information content (AvgIpc) is 3.45. The molecule has 0 heterocycles. The van der Waals surface area contributed by atoms with Gasteiger partial charge in [-0.05, 0) is 40.3 Å². The average molecular weight is 346 g/mol. The Hall–Kier alpha value is -2.48. The summed E-state index contributed by atoms with van der Waals surface area (Å²) in [6.07, 6.45) is 1.07. The van der Waals surface area contributed by atoms with Crippen molar-refractivity contribution in [3.8, 4) is 0 Å². The molecule has 2 unspecified atom stereocenters. The summed E-state index contributed by atoms with van der Waals surface area (Å²) < 4.78 is 14.7. The van der Waals surface area contributed by atoms with E-state index in [9.17, 15) is 9.18 Å². The van der Waals surface area contributed by atoms with Crippen LogP contribution >= 0.6 is 0 Å². The van der Waals surface area contributed by atoms with Gasteiger partial charge in [-0.3, -0.25) is 4.79 Å². The third-order valence-electron chi connectivity index (χ3n) is 5.54. The second kappa shape index (κ2) is 6.68. The maximum absolute atomic E-state index is 14.7. The molecule has 2 heteroatoms. The summed E-state index contributed by atoms with van der Waals surface area (Å²) in [5, 5.41) is 1.46. The standard InChI is InChI=1S/C24H23FO/c1-15(2)16-7-9-18(10-8-16)21-14-22(21)23(26)13-19-12-11-17-5-3-4-6-20(17)24(19)25/h3-12,15,21-22H,13-14H2,1-2H3. The van der Waals surface area contributed by atoms with E-state index < -0.39 is 0 Å². The third kappa shape index (κ3) is 3.16. The number of halogens is 1. The minimum atomic E-state index is -0.255. The monoisotopic (exact) mass is 346 g/mol. The number of rotatable bonds is 5. The van der Waals surface area contributed by atoms with Gasteiger partial charge in [0, 0.05) is 17.7 Å². The van der Waals surface area contributed by atoms with Crippen LogP contribution in [0.3, 0.4) is 0 Å². The van der Waals surface area contributed by atoms with Crippen molar-refractivity contribution in [2.24, 2.45) is 5.92 Å². The number of carbonyl (C=O) groups excluding carboxylic acids is 1. The summed E-state index contributed by atoms with van der Waals surface area (Å²) >= 11 is 0. The Labute approximate surface area is 153 Å². The topological polar surface area (TPSA) is 17.1 Å². The van der Waals surface area contributed by atoms with Gasteiger partial charge in [0.25, 0.3) is 0 Å². The SMILES string of the molecule is CC(C)c1ccc(C2CC2C(=O)Cc2ccc3ccccc3c2F)cc1. The van der Waals surface area contributed by atoms with Crippen LogP contribution in [0.25, 0.3) is 10.8 Å². The van der Waals surface area contributed by atoms with E-state index in [1.165, 1.54) is 11.1 Å². The summed E-state index contributed by atoms with van der Waals surface area (Å²) in [6.45, 7) is 4.35. The molecule has 0 aliphatic heterocycles. The summed E-state index contributed by atoms with van der Waals surface area (Å²) in [7, 11) is 0. The van der Waals surface area contributed by atoms with Crippen molar-refractivity contribution in [2.75, 3.05) is 0 Å². The highest BCUT2D eigenvalue weighted by atomic mass is 19.1. The van der Waals surface area contributed by atoms with Crippen molar-refractivity contribution in [2.45, 2.75) is 38.5 Å². The van der Waals surface area contributed by atoms with Crippen LogP contribution in [0.4, 0.5) is 4.39 Å². The Morgan fingerprint density at radius 1 is 1.04 bits per heavy atom. The van der Waals surface area contributed by atoms with Crippen LogP contribution < -0.4 is 0 Å². The van der Waals surface area contributed by atoms with Gasteiger partial charge < -0.3 is 0 Å². The minimum absolute atomic E-state index is 0.0331. The highest BCUT2D eigenvalue weighted by Crippen LogP contribution is 2.48. The third-order valence-corrected chi connectivity index (χ3v) is 5.54. The summed E-state index contributed by atoms with van der Waals surface area (Å²) in [5.74, 6) is 0.738. The number of fused-ring (bicyclic) bond motifs is 1. The van der Waals surface area contributed by atoms with Gasteiger partial charge in [0.2, 0.25) is 0 Å². The zero-order valence-corrected chi connectivity index (χ0v) is 15.2. The lowest BCUT2D eigenvalue weighted by atomic mass is 9.97. The van der Waals surface area contributed by atoms with Crippen molar-refractivity contribution in [1.82, 2.24) is 0 Å². The Kier molecular flexibility index (Phi) is 4.36. The molecule has 26 heavy (non-hydrogen) atoms. The molecule has 0 saturated heterocycles. The van der Waals surface area contributed by atoms with Crippen LogP contribution in [-0.4, -0.2) is 5.78 Å². The van der Waals surface area contributed by atoms with E-state index in [0.29, 0.717) is 22.8 Å². The lowest BCUT2D eigenvalue weighted by Gasteiger charge is -2.08. The van der Waals surface area contributed by atoms with Gasteiger partial charge in [-0.2, -0.15) is 0 Å². The Bertz CT molecular complexity index is 956. The van der Waals surface area contributed by atoms with Crippen LogP contribution in [0, 0.1) is 11.7 Å². The van der Waals surface area contributed by atoms with Crippen LogP contribution in [0.15, 0.2) is 60.7 Å². The van der Waals surface area contributed by atoms with Gasteiger partial charge in [0.15, 0.2) is 0 Å². The maximum Gasteiger partial charge on any atom is 0.141 e. The molecule has 1 fully saturated rings. The van der Waals surface area contributed by atoms with Crippen molar-refractivity contribution in [3.05, 3.63) is 83.2 Å². The normalized spacial score (nSPS) is 19.1. The zero-order valence-electron chi connectivity index (χ0n) is 15.2. The minimum Gasteiger partial charge on any atom is -0.299 e. The van der Waals surface area contributed by atoms with E-state index in [4.69, 9.17) is 0 Å². The highest BCUT2D eigenvalue weighted by molar-refractivity contribution is 5.89. The second-order valence-corrected chi connectivity index (χ2v) is 7.67. The number of hydrogen-bond acceptors (Lipinski definition) is 1. The Morgan fingerprint density at radius 3 is 2.50 bits per heavy atom. The van der Waals surface area contributed by atoms with E-state index in [1.54, 1.807) is 12.1 Å². The smallest absolute Gasteiger partial charge is 0.141 e. The maximum atomic E-state index is 14.7. The number of Topliss-reactive ketones (excluding diaryl/α,β-unsaturated/α-hetero) is 1. The predicted molar refractivity (Wildman–Crippen MR) is 104 cm³/mol. The molecule has 3 aromatic carbocycles. The van der Waals surface area contributed by atoms with Crippen LogP contribution in [0.5, 0.6) is 0 Å². The summed E-state index contributed by atoms with van der Waals surface area (Å²) in [5.41, 5.74) is 3.05. The molecule has 0 aromatic heterocycles. The highest BCUT2D eigenvalue weighted by Gasteiger charge is 2.43. The first-order chi connectivity index (χ1) is 12.5. The molecule has 132 valence electrons. The molecule has 4 rings (SSSR count). The quantitative estimate of drug-likeness (QED) is 0.552. The zero-order chi connectivity index (χ0) is 18.3. The largest absolute Gasteiger partial charge is 0.299 e. The molecule has 1 aliphatic carbocycles. The Morgan fingerprint density at radius 2 is 1.77 bits per heavy atom. The van der Waals surface area contributed by atoms with E-state index in [1.807, 2.05) is 24.3 Å². The van der Waals surface area contributed by atoms with Gasteiger partial charge in [-0.25, -0.2) is 4.39 Å². The van der Waals surface area contributed by atoms with Gasteiger partial charge in [0.05, 0.1) is 0 Å². The lowest BCUT2D eigenvalue weighted by molar-refractivity contribution is -0.119. The molecular weight excluding hydrogens is 323 g/mol. The predicted octanol–water partition coefficient (Wildman–Crippen LogP) is 6.02. The first-order valence-corrected chi connectivity index (χ1v) is 9.33. The number of carbonyl (C=O) groups is 1. The van der Waals surface area contributed by atoms with Crippen molar-refractivity contribution < 1.29 is 9.18 Å². The van der Waals surface area contributed by atoms with Crippen molar-refractivity contribution in [3.63, 3.8) is 0 Å². The van der Waals surface area contributed by atoms with Crippen LogP contribution in [0.1, 0.15) is 48.8 Å². The van der Waals surface area contributed by atoms with E-state index in [0.717, 1.165) is 11.8 Å². The molecule has 3 aromatic rings. The fraction of sp³-hybridized carbons (Fsp3) is 0.292. The molecular formula is C24H23FO. The van der Waals surface area contributed by atoms with Crippen molar-refractivity contribution >= 4 is 16.6 Å². The number of benzene rings is 3. The first-order valence-electron chi connectivity index (χ1n) is 9.33. The summed E-state index contributed by atoms with van der Waals surface area (Å²) in [6, 6.07) is 19.6. The van der Waals surface area contributed by atoms with Crippen LogP contribution in [0.2, 0.25) is 0 Å². The molecule has 1 nitrogen and oxygen atoms in total. The molecule has 1 aliphatic rings. The fourth-order valence-corrected chi connectivity index (χ4v) is 3.78. The van der Waals surface area contributed by atoms with Gasteiger partial charge in [-0.15, -0.1) is 0 Å². The second-order valence-electron chi connectivity index (χ2n) is 7.67. The molecule has 0 radical (unpaired) electrons. The van der Waals surface area contributed by atoms with E-state index in [2.05, 4.69) is 38.1 Å². The Balaban J connectivity index is 1.47. The van der Waals surface area contributed by atoms with Crippen LogP contribution in [-0.2, 0) is 11.2 Å². The molecule has 0 amide bonds. The van der Waals surface area contributed by atoms with E-state index >= 15 is 0 Å². The number of ketones is 1. The van der Waals surface area contributed by atoms with E-state index in [-0.39, 0.29) is 23.9 Å². The first kappa shape index (κ1) is 17.0.